The summed E-state index contributed by atoms with van der Waals surface area (Å²) in [5, 5.41) is 0.802. The van der Waals surface area contributed by atoms with E-state index in [1.165, 1.54) is 0 Å². The van der Waals surface area contributed by atoms with Gasteiger partial charge in [-0.3, -0.25) is 4.98 Å². The number of nitrogens with zero attached hydrogens (tertiary/aromatic N) is 4. The Morgan fingerprint density at radius 2 is 1.76 bits per heavy atom. The summed E-state index contributed by atoms with van der Waals surface area (Å²) in [4.78, 5) is 13.3. The summed E-state index contributed by atoms with van der Waals surface area (Å²) in [6.07, 6.45) is 3.51. The molecule has 110 valence electrons. The molecule has 3 rings (SSSR count). The molecule has 2 N–H and O–H groups in total. The number of rotatable bonds is 3. The van der Waals surface area contributed by atoms with Crippen LogP contribution in [0.25, 0.3) is 0 Å². The fraction of sp³-hybridized carbons (Fsp3) is 0.333. The number of para-hydroxylation sites is 1. The number of piperazine rings is 1. The molecule has 1 aromatic heterocycles. The van der Waals surface area contributed by atoms with E-state index >= 15 is 0 Å². The Bertz CT molecular complexity index is 611. The summed E-state index contributed by atoms with van der Waals surface area (Å²) >= 11 is 6.26. The number of halogens is 1. The summed E-state index contributed by atoms with van der Waals surface area (Å²) in [5.41, 5.74) is 7.54. The van der Waals surface area contributed by atoms with Crippen LogP contribution in [0.5, 0.6) is 0 Å². The molecule has 1 fully saturated rings. The largest absolute Gasteiger partial charge is 0.367 e. The molecule has 0 aliphatic carbocycles. The molecule has 0 spiro atoms. The Kier molecular flexibility index (Phi) is 4.22. The number of benzene rings is 1. The fourth-order valence-corrected chi connectivity index (χ4v) is 2.79. The van der Waals surface area contributed by atoms with Crippen molar-refractivity contribution < 1.29 is 0 Å². The fourth-order valence-electron chi connectivity index (χ4n) is 2.53. The van der Waals surface area contributed by atoms with Gasteiger partial charge in [0.15, 0.2) is 0 Å². The van der Waals surface area contributed by atoms with Crippen LogP contribution in [-0.2, 0) is 6.54 Å². The van der Waals surface area contributed by atoms with Crippen molar-refractivity contribution >= 4 is 23.1 Å². The van der Waals surface area contributed by atoms with E-state index in [2.05, 4.69) is 25.8 Å². The molecule has 1 saturated heterocycles. The smallest absolute Gasteiger partial charge is 0.147 e. The van der Waals surface area contributed by atoms with E-state index in [-0.39, 0.29) is 0 Å². The molecule has 0 bridgehead atoms. The lowest BCUT2D eigenvalue weighted by molar-refractivity contribution is 0.645. The molecule has 1 aliphatic heterocycles. The third kappa shape index (κ3) is 3.09. The molecule has 2 aromatic rings. The molecular weight excluding hydrogens is 286 g/mol. The van der Waals surface area contributed by atoms with Crippen molar-refractivity contribution in [2.45, 2.75) is 6.54 Å². The van der Waals surface area contributed by atoms with Crippen molar-refractivity contribution in [2.24, 2.45) is 5.73 Å². The zero-order valence-corrected chi connectivity index (χ0v) is 12.5. The van der Waals surface area contributed by atoms with Crippen molar-refractivity contribution in [1.29, 1.82) is 0 Å². The van der Waals surface area contributed by atoms with Crippen LogP contribution < -0.4 is 15.5 Å². The van der Waals surface area contributed by atoms with Gasteiger partial charge in [0.05, 0.1) is 22.6 Å². The van der Waals surface area contributed by atoms with E-state index in [1.54, 1.807) is 12.4 Å². The third-order valence-corrected chi connectivity index (χ3v) is 4.00. The molecular formula is C15H18ClN5. The Morgan fingerprint density at radius 3 is 2.48 bits per heavy atom. The van der Waals surface area contributed by atoms with E-state index in [9.17, 15) is 0 Å². The van der Waals surface area contributed by atoms with Crippen molar-refractivity contribution in [3.8, 4) is 0 Å². The van der Waals surface area contributed by atoms with Gasteiger partial charge in [0, 0.05) is 38.9 Å². The molecule has 6 heteroatoms. The molecule has 0 unspecified atom stereocenters. The van der Waals surface area contributed by atoms with E-state index in [0.29, 0.717) is 6.54 Å². The van der Waals surface area contributed by atoms with Gasteiger partial charge in [-0.1, -0.05) is 23.7 Å². The lowest BCUT2D eigenvalue weighted by Gasteiger charge is -2.37. The van der Waals surface area contributed by atoms with E-state index < -0.39 is 0 Å². The van der Waals surface area contributed by atoms with Crippen LogP contribution in [0.4, 0.5) is 11.5 Å². The molecule has 0 saturated carbocycles. The second kappa shape index (κ2) is 6.28. The lowest BCUT2D eigenvalue weighted by Crippen LogP contribution is -2.47. The monoisotopic (exact) mass is 303 g/mol. The second-order valence-corrected chi connectivity index (χ2v) is 5.41. The normalized spacial score (nSPS) is 15.3. The lowest BCUT2D eigenvalue weighted by atomic mass is 10.2. The standard InChI is InChI=1S/C15H18ClN5/c16-13-3-1-2-4-14(13)20-5-7-21(8-6-20)15-11-18-10-12(9-17)19-15/h1-4,10-11H,5-9,17H2. The summed E-state index contributed by atoms with van der Waals surface area (Å²) in [6.45, 7) is 4.04. The van der Waals surface area contributed by atoms with Crippen molar-refractivity contribution in [3.05, 3.63) is 47.4 Å². The van der Waals surface area contributed by atoms with Gasteiger partial charge in [-0.05, 0) is 12.1 Å². The molecule has 1 aromatic carbocycles. The van der Waals surface area contributed by atoms with E-state index in [0.717, 1.165) is 48.4 Å². The predicted octanol–water partition coefficient (Wildman–Crippen LogP) is 1.92. The zero-order chi connectivity index (χ0) is 14.7. The maximum atomic E-state index is 6.26. The number of hydrogen-bond donors (Lipinski definition) is 1. The first-order valence-electron chi connectivity index (χ1n) is 7.03. The van der Waals surface area contributed by atoms with Gasteiger partial charge in [0.25, 0.3) is 0 Å². The quantitative estimate of drug-likeness (QED) is 0.939. The molecule has 0 atom stereocenters. The minimum atomic E-state index is 0.417. The van der Waals surface area contributed by atoms with Crippen molar-refractivity contribution in [1.82, 2.24) is 9.97 Å². The van der Waals surface area contributed by atoms with Crippen LogP contribution in [-0.4, -0.2) is 36.1 Å². The van der Waals surface area contributed by atoms with Gasteiger partial charge in [-0.15, -0.1) is 0 Å². The van der Waals surface area contributed by atoms with Gasteiger partial charge in [0.2, 0.25) is 0 Å². The molecule has 2 heterocycles. The molecule has 1 aliphatic rings. The van der Waals surface area contributed by atoms with Gasteiger partial charge < -0.3 is 15.5 Å². The van der Waals surface area contributed by atoms with Crippen molar-refractivity contribution in [3.63, 3.8) is 0 Å². The summed E-state index contributed by atoms with van der Waals surface area (Å²) < 4.78 is 0. The first-order valence-corrected chi connectivity index (χ1v) is 7.41. The predicted molar refractivity (Wildman–Crippen MR) is 85.8 cm³/mol. The summed E-state index contributed by atoms with van der Waals surface area (Å²) in [5.74, 6) is 0.900. The first kappa shape index (κ1) is 14.1. The molecule has 21 heavy (non-hydrogen) atoms. The van der Waals surface area contributed by atoms with Gasteiger partial charge in [-0.25, -0.2) is 4.98 Å². The van der Waals surface area contributed by atoms with E-state index in [4.69, 9.17) is 17.3 Å². The maximum Gasteiger partial charge on any atom is 0.147 e. The van der Waals surface area contributed by atoms with Crippen LogP contribution in [0.15, 0.2) is 36.7 Å². The SMILES string of the molecule is NCc1cncc(N2CCN(c3ccccc3Cl)CC2)n1. The molecule has 0 amide bonds. The zero-order valence-electron chi connectivity index (χ0n) is 11.7. The molecule has 5 nitrogen and oxygen atoms in total. The Hall–Kier alpha value is -1.85. The van der Waals surface area contributed by atoms with Gasteiger partial charge >= 0.3 is 0 Å². The number of nitrogens with two attached hydrogens (primary N) is 1. The molecule has 0 radical (unpaired) electrons. The highest BCUT2D eigenvalue weighted by atomic mass is 35.5. The summed E-state index contributed by atoms with van der Waals surface area (Å²) in [7, 11) is 0. The third-order valence-electron chi connectivity index (χ3n) is 3.68. The van der Waals surface area contributed by atoms with Crippen LogP contribution >= 0.6 is 11.6 Å². The number of anilines is 2. The Labute approximate surface area is 129 Å². The highest BCUT2D eigenvalue weighted by Gasteiger charge is 2.19. The van der Waals surface area contributed by atoms with Gasteiger partial charge in [-0.2, -0.15) is 0 Å². The van der Waals surface area contributed by atoms with E-state index in [1.807, 2.05) is 18.2 Å². The van der Waals surface area contributed by atoms with Crippen LogP contribution in [0.3, 0.4) is 0 Å². The minimum absolute atomic E-state index is 0.417. The number of aromatic nitrogens is 2. The van der Waals surface area contributed by atoms with Gasteiger partial charge in [0.1, 0.15) is 5.82 Å². The average molecular weight is 304 g/mol. The maximum absolute atomic E-state index is 6.26. The highest BCUT2D eigenvalue weighted by Crippen LogP contribution is 2.26. The summed E-state index contributed by atoms with van der Waals surface area (Å²) in [6, 6.07) is 7.96. The minimum Gasteiger partial charge on any atom is -0.367 e. The van der Waals surface area contributed by atoms with Crippen LogP contribution in [0.1, 0.15) is 5.69 Å². The second-order valence-electron chi connectivity index (χ2n) is 5.00. The Morgan fingerprint density at radius 1 is 1.05 bits per heavy atom. The Balaban J connectivity index is 1.69. The highest BCUT2D eigenvalue weighted by molar-refractivity contribution is 6.33. The first-order chi connectivity index (χ1) is 10.3. The topological polar surface area (TPSA) is 58.3 Å². The average Bonchev–Trinajstić information content (AvgIpc) is 2.56. The number of hydrogen-bond acceptors (Lipinski definition) is 5. The van der Waals surface area contributed by atoms with Crippen LogP contribution in [0.2, 0.25) is 5.02 Å². The van der Waals surface area contributed by atoms with Crippen LogP contribution in [0, 0.1) is 0 Å². The van der Waals surface area contributed by atoms with Crippen molar-refractivity contribution in [2.75, 3.05) is 36.0 Å².